The van der Waals surface area contributed by atoms with Gasteiger partial charge in [0.25, 0.3) is 5.56 Å². The van der Waals surface area contributed by atoms with Gasteiger partial charge in [0.1, 0.15) is 11.6 Å². The molecule has 2 rings (SSSR count). The van der Waals surface area contributed by atoms with Crippen LogP contribution >= 0.6 is 0 Å². The van der Waals surface area contributed by atoms with Crippen LogP contribution in [-0.2, 0) is 0 Å². The van der Waals surface area contributed by atoms with E-state index in [4.69, 9.17) is 0 Å². The van der Waals surface area contributed by atoms with Crippen molar-refractivity contribution < 1.29 is 0 Å². The minimum Gasteiger partial charge on any atom is -0.370 e. The molecule has 0 saturated carbocycles. The van der Waals surface area contributed by atoms with Gasteiger partial charge in [0.05, 0.1) is 0 Å². The molecule has 1 aliphatic rings. The monoisotopic (exact) mass is 222 g/mol. The second-order valence-corrected chi connectivity index (χ2v) is 4.29. The second kappa shape index (κ2) is 5.12. The lowest BCUT2D eigenvalue weighted by Crippen LogP contribution is -2.15. The predicted octanol–water partition coefficient (Wildman–Crippen LogP) is 0.490. The summed E-state index contributed by atoms with van der Waals surface area (Å²) >= 11 is 0. The molecule has 5 nitrogen and oxygen atoms in total. The SMILES string of the molecule is Cc1nc(NCCC2CCNC2)cc(=O)[nH]1. The van der Waals surface area contributed by atoms with E-state index in [1.54, 1.807) is 6.92 Å². The maximum atomic E-state index is 11.2. The van der Waals surface area contributed by atoms with Crippen LogP contribution in [0, 0.1) is 12.8 Å². The number of hydrogen-bond acceptors (Lipinski definition) is 4. The summed E-state index contributed by atoms with van der Waals surface area (Å²) in [7, 11) is 0. The Morgan fingerprint density at radius 2 is 2.50 bits per heavy atom. The van der Waals surface area contributed by atoms with Crippen LogP contribution in [0.1, 0.15) is 18.7 Å². The van der Waals surface area contributed by atoms with E-state index in [-0.39, 0.29) is 5.56 Å². The van der Waals surface area contributed by atoms with Crippen molar-refractivity contribution in [3.8, 4) is 0 Å². The number of aryl methyl sites for hydroxylation is 1. The fraction of sp³-hybridized carbons (Fsp3) is 0.636. The van der Waals surface area contributed by atoms with Crippen molar-refractivity contribution in [2.75, 3.05) is 25.0 Å². The molecule has 0 amide bonds. The standard InChI is InChI=1S/C11H18N4O/c1-8-14-10(6-11(16)15-8)13-5-3-9-2-4-12-7-9/h6,9,12H,2-5,7H2,1H3,(H2,13,14,15,16). The summed E-state index contributed by atoms with van der Waals surface area (Å²) < 4.78 is 0. The molecule has 0 bridgehead atoms. The Kier molecular flexibility index (Phi) is 3.56. The van der Waals surface area contributed by atoms with Crippen LogP contribution in [-0.4, -0.2) is 29.6 Å². The van der Waals surface area contributed by atoms with Gasteiger partial charge >= 0.3 is 0 Å². The third-order valence-corrected chi connectivity index (χ3v) is 2.88. The van der Waals surface area contributed by atoms with Gasteiger partial charge < -0.3 is 15.6 Å². The summed E-state index contributed by atoms with van der Waals surface area (Å²) in [6.45, 7) is 4.91. The molecular weight excluding hydrogens is 204 g/mol. The molecule has 2 heterocycles. The molecule has 1 fully saturated rings. The highest BCUT2D eigenvalue weighted by Crippen LogP contribution is 2.11. The van der Waals surface area contributed by atoms with Gasteiger partial charge in [-0.15, -0.1) is 0 Å². The van der Waals surface area contributed by atoms with Crippen molar-refractivity contribution in [1.29, 1.82) is 0 Å². The first-order valence-corrected chi connectivity index (χ1v) is 5.76. The average molecular weight is 222 g/mol. The smallest absolute Gasteiger partial charge is 0.252 e. The molecule has 1 aromatic rings. The van der Waals surface area contributed by atoms with Crippen molar-refractivity contribution >= 4 is 5.82 Å². The van der Waals surface area contributed by atoms with E-state index >= 15 is 0 Å². The Labute approximate surface area is 94.7 Å². The van der Waals surface area contributed by atoms with E-state index in [9.17, 15) is 4.79 Å². The summed E-state index contributed by atoms with van der Waals surface area (Å²) in [6.07, 6.45) is 2.38. The number of anilines is 1. The van der Waals surface area contributed by atoms with Gasteiger partial charge in [-0.2, -0.15) is 0 Å². The summed E-state index contributed by atoms with van der Waals surface area (Å²) in [4.78, 5) is 18.0. The van der Waals surface area contributed by atoms with Gasteiger partial charge in [-0.3, -0.25) is 4.79 Å². The van der Waals surface area contributed by atoms with Crippen molar-refractivity contribution in [3.63, 3.8) is 0 Å². The lowest BCUT2D eigenvalue weighted by molar-refractivity contribution is 0.549. The van der Waals surface area contributed by atoms with Crippen LogP contribution in [0.2, 0.25) is 0 Å². The first-order valence-electron chi connectivity index (χ1n) is 5.76. The number of hydrogen-bond donors (Lipinski definition) is 3. The zero-order chi connectivity index (χ0) is 11.4. The summed E-state index contributed by atoms with van der Waals surface area (Å²) in [6, 6.07) is 1.50. The third kappa shape index (κ3) is 3.06. The van der Waals surface area contributed by atoms with E-state index in [1.165, 1.54) is 12.5 Å². The van der Waals surface area contributed by atoms with Crippen molar-refractivity contribution in [3.05, 3.63) is 22.2 Å². The molecule has 1 saturated heterocycles. The van der Waals surface area contributed by atoms with Gasteiger partial charge in [0.2, 0.25) is 0 Å². The Hall–Kier alpha value is -1.36. The Morgan fingerprint density at radius 1 is 1.62 bits per heavy atom. The van der Waals surface area contributed by atoms with E-state index < -0.39 is 0 Å². The Morgan fingerprint density at radius 3 is 3.19 bits per heavy atom. The Balaban J connectivity index is 1.82. The number of aromatic amines is 1. The lowest BCUT2D eigenvalue weighted by atomic mass is 10.1. The zero-order valence-electron chi connectivity index (χ0n) is 9.55. The quantitative estimate of drug-likeness (QED) is 0.693. The first kappa shape index (κ1) is 11.1. The summed E-state index contributed by atoms with van der Waals surface area (Å²) in [5.41, 5.74) is -0.0995. The molecular formula is C11H18N4O. The summed E-state index contributed by atoms with van der Waals surface area (Å²) in [5, 5.41) is 6.54. The lowest BCUT2D eigenvalue weighted by Gasteiger charge is -2.09. The molecule has 1 aromatic heterocycles. The molecule has 88 valence electrons. The molecule has 1 unspecified atom stereocenters. The number of nitrogens with one attached hydrogen (secondary N) is 3. The summed E-state index contributed by atoms with van der Waals surface area (Å²) in [5.74, 6) is 2.08. The maximum absolute atomic E-state index is 11.2. The second-order valence-electron chi connectivity index (χ2n) is 4.29. The zero-order valence-corrected chi connectivity index (χ0v) is 9.55. The molecule has 5 heteroatoms. The van der Waals surface area contributed by atoms with Crippen LogP contribution in [0.3, 0.4) is 0 Å². The van der Waals surface area contributed by atoms with Crippen LogP contribution in [0.15, 0.2) is 10.9 Å². The highest BCUT2D eigenvalue weighted by Gasteiger charge is 2.13. The molecule has 3 N–H and O–H groups in total. The molecule has 0 aliphatic carbocycles. The predicted molar refractivity (Wildman–Crippen MR) is 63.7 cm³/mol. The molecule has 0 radical (unpaired) electrons. The average Bonchev–Trinajstić information content (AvgIpc) is 2.69. The van der Waals surface area contributed by atoms with Crippen molar-refractivity contribution in [2.45, 2.75) is 19.8 Å². The van der Waals surface area contributed by atoms with Crippen LogP contribution in [0.25, 0.3) is 0 Å². The highest BCUT2D eigenvalue weighted by atomic mass is 16.1. The number of nitrogens with zero attached hydrogens (tertiary/aromatic N) is 1. The van der Waals surface area contributed by atoms with E-state index in [0.717, 1.165) is 32.0 Å². The van der Waals surface area contributed by atoms with E-state index in [2.05, 4.69) is 20.6 Å². The topological polar surface area (TPSA) is 69.8 Å². The van der Waals surface area contributed by atoms with Gasteiger partial charge in [0.15, 0.2) is 0 Å². The van der Waals surface area contributed by atoms with Crippen molar-refractivity contribution in [2.24, 2.45) is 5.92 Å². The van der Waals surface area contributed by atoms with Gasteiger partial charge in [-0.25, -0.2) is 4.98 Å². The normalized spacial score (nSPS) is 19.9. The largest absolute Gasteiger partial charge is 0.370 e. The molecule has 1 atom stereocenters. The fourth-order valence-corrected chi connectivity index (χ4v) is 2.04. The maximum Gasteiger partial charge on any atom is 0.252 e. The van der Waals surface area contributed by atoms with Crippen LogP contribution in [0.4, 0.5) is 5.82 Å². The van der Waals surface area contributed by atoms with E-state index in [0.29, 0.717) is 11.6 Å². The molecule has 0 aromatic carbocycles. The van der Waals surface area contributed by atoms with Gasteiger partial charge in [-0.05, 0) is 38.8 Å². The van der Waals surface area contributed by atoms with Crippen LogP contribution in [0.5, 0.6) is 0 Å². The number of aromatic nitrogens is 2. The van der Waals surface area contributed by atoms with E-state index in [1.807, 2.05) is 0 Å². The fourth-order valence-electron chi connectivity index (χ4n) is 2.04. The first-order chi connectivity index (χ1) is 7.74. The van der Waals surface area contributed by atoms with Crippen molar-refractivity contribution in [1.82, 2.24) is 15.3 Å². The third-order valence-electron chi connectivity index (χ3n) is 2.88. The number of rotatable bonds is 4. The minimum atomic E-state index is -0.0995. The van der Waals surface area contributed by atoms with Gasteiger partial charge in [0, 0.05) is 12.6 Å². The van der Waals surface area contributed by atoms with Crippen LogP contribution < -0.4 is 16.2 Å². The molecule has 16 heavy (non-hydrogen) atoms. The minimum absolute atomic E-state index is 0.0995. The number of H-pyrrole nitrogens is 1. The van der Waals surface area contributed by atoms with Gasteiger partial charge in [-0.1, -0.05) is 0 Å². The highest BCUT2D eigenvalue weighted by molar-refractivity contribution is 5.32. The molecule has 1 aliphatic heterocycles. The molecule has 0 spiro atoms. The Bertz CT molecular complexity index is 395.